The lowest BCUT2D eigenvalue weighted by atomic mass is 9.92. The number of hydrogen-bond acceptors (Lipinski definition) is 1. The van der Waals surface area contributed by atoms with Crippen LogP contribution in [0.1, 0.15) is 32.6 Å². The first-order valence-corrected chi connectivity index (χ1v) is 6.19. The molecule has 2 heteroatoms. The minimum Gasteiger partial charge on any atom is -0.342 e. The van der Waals surface area contributed by atoms with Crippen LogP contribution < -0.4 is 5.32 Å². The summed E-state index contributed by atoms with van der Waals surface area (Å²) in [6, 6.07) is -0.0828. The third-order valence-electron chi connectivity index (χ3n) is 3.71. The summed E-state index contributed by atoms with van der Waals surface area (Å²) < 4.78 is 0. The Bertz CT molecular complexity index is 339. The van der Waals surface area contributed by atoms with Gasteiger partial charge in [-0.15, -0.1) is 6.42 Å². The van der Waals surface area contributed by atoms with Crippen LogP contribution >= 0.6 is 0 Å². The summed E-state index contributed by atoms with van der Waals surface area (Å²) >= 11 is 0. The molecular weight excluding hydrogens is 198 g/mol. The molecule has 16 heavy (non-hydrogen) atoms. The zero-order chi connectivity index (χ0) is 11.5. The van der Waals surface area contributed by atoms with E-state index in [4.69, 9.17) is 6.42 Å². The fourth-order valence-electron chi connectivity index (χ4n) is 2.85. The number of amides is 1. The van der Waals surface area contributed by atoms with E-state index in [1.54, 1.807) is 0 Å². The van der Waals surface area contributed by atoms with Crippen molar-refractivity contribution in [2.75, 3.05) is 0 Å². The Morgan fingerprint density at radius 3 is 2.88 bits per heavy atom. The van der Waals surface area contributed by atoms with E-state index in [-0.39, 0.29) is 17.9 Å². The summed E-state index contributed by atoms with van der Waals surface area (Å²) in [7, 11) is 0. The van der Waals surface area contributed by atoms with Gasteiger partial charge in [0.2, 0.25) is 5.91 Å². The molecule has 2 rings (SSSR count). The summed E-state index contributed by atoms with van der Waals surface area (Å²) in [5.74, 6) is 4.08. The fourth-order valence-corrected chi connectivity index (χ4v) is 2.85. The van der Waals surface area contributed by atoms with Gasteiger partial charge in [-0.25, -0.2) is 0 Å². The zero-order valence-electron chi connectivity index (χ0n) is 9.78. The van der Waals surface area contributed by atoms with Gasteiger partial charge in [0.15, 0.2) is 0 Å². The predicted molar refractivity (Wildman–Crippen MR) is 64.5 cm³/mol. The van der Waals surface area contributed by atoms with Crippen molar-refractivity contribution in [2.45, 2.75) is 38.6 Å². The van der Waals surface area contributed by atoms with E-state index < -0.39 is 0 Å². The molecule has 2 aliphatic carbocycles. The average Bonchev–Trinajstić information content (AvgIpc) is 2.89. The van der Waals surface area contributed by atoms with E-state index in [0.717, 1.165) is 25.7 Å². The van der Waals surface area contributed by atoms with Gasteiger partial charge in [-0.3, -0.25) is 4.79 Å². The molecule has 0 aromatic carbocycles. The van der Waals surface area contributed by atoms with Gasteiger partial charge in [0.25, 0.3) is 0 Å². The van der Waals surface area contributed by atoms with E-state index in [9.17, 15) is 4.79 Å². The lowest BCUT2D eigenvalue weighted by Gasteiger charge is -2.20. The normalized spacial score (nSPS) is 32.4. The van der Waals surface area contributed by atoms with Crippen LogP contribution in [0.3, 0.4) is 0 Å². The van der Waals surface area contributed by atoms with Crippen molar-refractivity contribution in [3.05, 3.63) is 12.2 Å². The highest BCUT2D eigenvalue weighted by atomic mass is 16.2. The van der Waals surface area contributed by atoms with Crippen molar-refractivity contribution < 1.29 is 4.79 Å². The molecule has 86 valence electrons. The van der Waals surface area contributed by atoms with Crippen LogP contribution in [-0.4, -0.2) is 11.9 Å². The van der Waals surface area contributed by atoms with Crippen LogP contribution in [0.25, 0.3) is 0 Å². The summed E-state index contributed by atoms with van der Waals surface area (Å²) in [5.41, 5.74) is 0. The predicted octanol–water partition coefficient (Wildman–Crippen LogP) is 2.12. The SMILES string of the molecule is C#CC(CCC)NC(=O)C1CC2C=CC1C2. The monoisotopic (exact) mass is 217 g/mol. The molecule has 4 unspecified atom stereocenters. The van der Waals surface area contributed by atoms with E-state index in [0.29, 0.717) is 11.8 Å². The second-order valence-electron chi connectivity index (χ2n) is 4.90. The van der Waals surface area contributed by atoms with Crippen LogP contribution in [0.4, 0.5) is 0 Å². The van der Waals surface area contributed by atoms with Gasteiger partial charge in [0.05, 0.1) is 6.04 Å². The molecule has 1 amide bonds. The number of nitrogens with one attached hydrogen (secondary N) is 1. The van der Waals surface area contributed by atoms with E-state index >= 15 is 0 Å². The lowest BCUT2D eigenvalue weighted by molar-refractivity contribution is -0.126. The Morgan fingerprint density at radius 2 is 2.38 bits per heavy atom. The molecule has 1 saturated carbocycles. The maximum atomic E-state index is 12.0. The highest BCUT2D eigenvalue weighted by molar-refractivity contribution is 5.80. The van der Waals surface area contributed by atoms with Crippen molar-refractivity contribution in [2.24, 2.45) is 17.8 Å². The standard InChI is InChI=1S/C14H19NO/c1-3-5-12(4-2)15-14(16)13-9-10-6-7-11(13)8-10/h2,6-7,10-13H,3,5,8-9H2,1H3,(H,15,16). The van der Waals surface area contributed by atoms with E-state index in [1.807, 2.05) is 0 Å². The van der Waals surface area contributed by atoms with Gasteiger partial charge in [-0.1, -0.05) is 31.4 Å². The quantitative estimate of drug-likeness (QED) is 0.567. The van der Waals surface area contributed by atoms with Crippen molar-refractivity contribution in [3.63, 3.8) is 0 Å². The molecule has 0 aliphatic heterocycles. The number of terminal acetylenes is 1. The first-order valence-electron chi connectivity index (χ1n) is 6.19. The maximum Gasteiger partial charge on any atom is 0.224 e. The smallest absolute Gasteiger partial charge is 0.224 e. The Balaban J connectivity index is 1.89. The minimum atomic E-state index is -0.0828. The van der Waals surface area contributed by atoms with Gasteiger partial charge in [0.1, 0.15) is 0 Å². The molecule has 0 aromatic rings. The molecule has 0 radical (unpaired) electrons. The minimum absolute atomic E-state index is 0.0828. The molecule has 4 atom stereocenters. The molecule has 0 spiro atoms. The largest absolute Gasteiger partial charge is 0.342 e. The summed E-state index contributed by atoms with van der Waals surface area (Å²) in [4.78, 5) is 12.0. The molecular formula is C14H19NO. The number of fused-ring (bicyclic) bond motifs is 2. The summed E-state index contributed by atoms with van der Waals surface area (Å²) in [6.45, 7) is 2.08. The molecule has 0 aromatic heterocycles. The van der Waals surface area contributed by atoms with Crippen molar-refractivity contribution in [3.8, 4) is 12.3 Å². The highest BCUT2D eigenvalue weighted by Crippen LogP contribution is 2.43. The van der Waals surface area contributed by atoms with Gasteiger partial charge < -0.3 is 5.32 Å². The van der Waals surface area contributed by atoms with Crippen molar-refractivity contribution in [1.82, 2.24) is 5.32 Å². The zero-order valence-corrected chi connectivity index (χ0v) is 9.78. The molecule has 0 saturated heterocycles. The van der Waals surface area contributed by atoms with Crippen LogP contribution in [0.2, 0.25) is 0 Å². The van der Waals surface area contributed by atoms with Gasteiger partial charge in [0, 0.05) is 5.92 Å². The third kappa shape index (κ3) is 2.14. The topological polar surface area (TPSA) is 29.1 Å². The summed E-state index contributed by atoms with van der Waals surface area (Å²) in [5, 5.41) is 2.99. The van der Waals surface area contributed by atoms with Gasteiger partial charge in [-0.2, -0.15) is 0 Å². The van der Waals surface area contributed by atoms with Gasteiger partial charge >= 0.3 is 0 Å². The number of rotatable bonds is 4. The van der Waals surface area contributed by atoms with Crippen LogP contribution in [0.5, 0.6) is 0 Å². The van der Waals surface area contributed by atoms with Gasteiger partial charge in [-0.05, 0) is 31.1 Å². The first kappa shape index (κ1) is 11.3. The molecule has 0 heterocycles. The van der Waals surface area contributed by atoms with Crippen molar-refractivity contribution in [1.29, 1.82) is 0 Å². The Hall–Kier alpha value is -1.23. The Labute approximate surface area is 97.5 Å². The lowest BCUT2D eigenvalue weighted by Crippen LogP contribution is -2.39. The first-order chi connectivity index (χ1) is 7.74. The highest BCUT2D eigenvalue weighted by Gasteiger charge is 2.39. The molecule has 2 nitrogen and oxygen atoms in total. The van der Waals surface area contributed by atoms with Crippen LogP contribution in [0, 0.1) is 30.1 Å². The third-order valence-corrected chi connectivity index (χ3v) is 3.71. The molecule has 2 bridgehead atoms. The second kappa shape index (κ2) is 4.74. The number of allylic oxidation sites excluding steroid dienone is 2. The average molecular weight is 217 g/mol. The van der Waals surface area contributed by atoms with Crippen LogP contribution in [-0.2, 0) is 4.79 Å². The van der Waals surface area contributed by atoms with E-state index in [2.05, 4.69) is 30.3 Å². The molecule has 2 aliphatic rings. The number of carbonyl (C=O) groups is 1. The second-order valence-corrected chi connectivity index (χ2v) is 4.90. The number of carbonyl (C=O) groups excluding carboxylic acids is 1. The number of hydrogen-bond donors (Lipinski definition) is 1. The molecule has 1 N–H and O–H groups in total. The van der Waals surface area contributed by atoms with Crippen LogP contribution in [0.15, 0.2) is 12.2 Å². The Kier molecular flexibility index (Phi) is 3.33. The Morgan fingerprint density at radius 1 is 1.56 bits per heavy atom. The fraction of sp³-hybridized carbons (Fsp3) is 0.643. The van der Waals surface area contributed by atoms with Crippen molar-refractivity contribution >= 4 is 5.91 Å². The van der Waals surface area contributed by atoms with E-state index in [1.165, 1.54) is 0 Å². The summed E-state index contributed by atoms with van der Waals surface area (Å²) in [6.07, 6.45) is 13.9. The maximum absolute atomic E-state index is 12.0. The molecule has 1 fully saturated rings.